The predicted molar refractivity (Wildman–Crippen MR) is 111 cm³/mol. The minimum absolute atomic E-state index is 0.157. The summed E-state index contributed by atoms with van der Waals surface area (Å²) in [7, 11) is 0. The van der Waals surface area contributed by atoms with Gasteiger partial charge in [0, 0.05) is 12.7 Å². The number of ether oxygens (including phenoxy) is 1. The van der Waals surface area contributed by atoms with Crippen molar-refractivity contribution in [2.45, 2.75) is 78.0 Å². The number of aromatic nitrogens is 2. The second kappa shape index (κ2) is 10.4. The van der Waals surface area contributed by atoms with Crippen LogP contribution in [0, 0.1) is 5.92 Å². The zero-order chi connectivity index (χ0) is 20.6. The van der Waals surface area contributed by atoms with Gasteiger partial charge in [-0.1, -0.05) is 30.3 Å². The molecule has 0 spiro atoms. The first-order valence-electron chi connectivity index (χ1n) is 10.2. The van der Waals surface area contributed by atoms with Crippen molar-refractivity contribution >= 4 is 5.97 Å². The van der Waals surface area contributed by atoms with Gasteiger partial charge in [-0.05, 0) is 70.4 Å². The Balaban J connectivity index is 1.94. The molecule has 0 unspecified atom stereocenters. The van der Waals surface area contributed by atoms with E-state index < -0.39 is 11.7 Å². The fourth-order valence-corrected chi connectivity index (χ4v) is 3.32. The number of hydrogen-bond acceptors (Lipinski definition) is 4. The summed E-state index contributed by atoms with van der Waals surface area (Å²) in [6, 6.07) is 10.0. The van der Waals surface area contributed by atoms with Gasteiger partial charge >= 0.3 is 5.97 Å². The molecule has 1 aromatic carbocycles. The average molecular weight is 387 g/mol. The first-order valence-corrected chi connectivity index (χ1v) is 10.2. The second-order valence-corrected chi connectivity index (χ2v) is 8.40. The Morgan fingerprint density at radius 1 is 1.21 bits per heavy atom. The largest absolute Gasteiger partial charge is 0.460 e. The molecule has 1 heterocycles. The van der Waals surface area contributed by atoms with E-state index in [1.165, 1.54) is 5.56 Å². The van der Waals surface area contributed by atoms with Crippen LogP contribution in [0.2, 0.25) is 0 Å². The fourth-order valence-electron chi connectivity index (χ4n) is 3.32. The van der Waals surface area contributed by atoms with Gasteiger partial charge in [0.25, 0.3) is 0 Å². The molecular weight excluding hydrogens is 352 g/mol. The number of carbonyl (C=O) groups is 1. The Hall–Kier alpha value is -2.14. The SMILES string of the molecule is CCn1cc(CCC[C@@H](O)[C@@H](CC(=O)OC(C)(C)C)Cc2ccccc2)cn1. The molecule has 0 saturated heterocycles. The van der Waals surface area contributed by atoms with Gasteiger partial charge in [0.05, 0.1) is 18.7 Å². The second-order valence-electron chi connectivity index (χ2n) is 8.40. The van der Waals surface area contributed by atoms with Crippen molar-refractivity contribution < 1.29 is 14.6 Å². The number of nitrogens with zero attached hydrogens (tertiary/aromatic N) is 2. The Kier molecular flexibility index (Phi) is 8.24. The van der Waals surface area contributed by atoms with E-state index in [2.05, 4.69) is 18.2 Å². The Morgan fingerprint density at radius 3 is 2.54 bits per heavy atom. The van der Waals surface area contributed by atoms with E-state index >= 15 is 0 Å². The third-order valence-electron chi connectivity index (χ3n) is 4.71. The van der Waals surface area contributed by atoms with Crippen LogP contribution in [0.15, 0.2) is 42.7 Å². The molecule has 0 fully saturated rings. The summed E-state index contributed by atoms with van der Waals surface area (Å²) in [4.78, 5) is 12.4. The van der Waals surface area contributed by atoms with Gasteiger partial charge in [-0.15, -0.1) is 0 Å². The monoisotopic (exact) mass is 386 g/mol. The molecule has 0 radical (unpaired) electrons. The van der Waals surface area contributed by atoms with Crippen molar-refractivity contribution in [2.75, 3.05) is 0 Å². The summed E-state index contributed by atoms with van der Waals surface area (Å²) in [5, 5.41) is 15.1. The lowest BCUT2D eigenvalue weighted by Crippen LogP contribution is -2.30. The molecule has 2 aromatic rings. The summed E-state index contributed by atoms with van der Waals surface area (Å²) in [5.74, 6) is -0.410. The highest BCUT2D eigenvalue weighted by molar-refractivity contribution is 5.70. The summed E-state index contributed by atoms with van der Waals surface area (Å²) in [5.41, 5.74) is 1.79. The number of hydrogen-bond donors (Lipinski definition) is 1. The highest BCUT2D eigenvalue weighted by Crippen LogP contribution is 2.22. The van der Waals surface area contributed by atoms with Gasteiger partial charge in [-0.3, -0.25) is 9.48 Å². The standard InChI is InChI=1S/C23H34N2O3/c1-5-25-17-19(16-24-25)12-9-13-21(26)20(14-18-10-7-6-8-11-18)15-22(27)28-23(2,3)4/h6-8,10-11,16-17,20-21,26H,5,9,12-15H2,1-4H3/t20-,21-/m1/s1. The number of rotatable bonds is 10. The molecule has 154 valence electrons. The first kappa shape index (κ1) is 22.2. The summed E-state index contributed by atoms with van der Waals surface area (Å²) >= 11 is 0. The van der Waals surface area contributed by atoms with E-state index in [9.17, 15) is 9.90 Å². The van der Waals surface area contributed by atoms with E-state index in [-0.39, 0.29) is 18.3 Å². The smallest absolute Gasteiger partial charge is 0.306 e. The minimum Gasteiger partial charge on any atom is -0.460 e. The van der Waals surface area contributed by atoms with Gasteiger partial charge < -0.3 is 9.84 Å². The Morgan fingerprint density at radius 2 is 1.93 bits per heavy atom. The highest BCUT2D eigenvalue weighted by atomic mass is 16.6. The van der Waals surface area contributed by atoms with Gasteiger partial charge in [0.15, 0.2) is 0 Å². The summed E-state index contributed by atoms with van der Waals surface area (Å²) in [6.07, 6.45) is 6.66. The molecule has 28 heavy (non-hydrogen) atoms. The molecule has 5 nitrogen and oxygen atoms in total. The van der Waals surface area contributed by atoms with Gasteiger partial charge in [-0.25, -0.2) is 0 Å². The van der Waals surface area contributed by atoms with Crippen molar-refractivity contribution in [3.8, 4) is 0 Å². The van der Waals surface area contributed by atoms with Crippen LogP contribution < -0.4 is 0 Å². The minimum atomic E-state index is -0.547. The van der Waals surface area contributed by atoms with E-state index in [1.807, 2.05) is 62.0 Å². The van der Waals surface area contributed by atoms with Crippen LogP contribution in [-0.2, 0) is 28.9 Å². The molecule has 0 aliphatic rings. The topological polar surface area (TPSA) is 64.4 Å². The number of aliphatic hydroxyl groups excluding tert-OH is 1. The van der Waals surface area contributed by atoms with Crippen LogP contribution in [0.4, 0.5) is 0 Å². The molecule has 1 N–H and O–H groups in total. The molecule has 5 heteroatoms. The number of aryl methyl sites for hydroxylation is 2. The molecule has 0 saturated carbocycles. The molecule has 1 aromatic heterocycles. The zero-order valence-corrected chi connectivity index (χ0v) is 17.6. The molecule has 0 aliphatic carbocycles. The average Bonchev–Trinajstić information content (AvgIpc) is 3.08. The maximum Gasteiger partial charge on any atom is 0.306 e. The van der Waals surface area contributed by atoms with Crippen molar-refractivity contribution in [1.29, 1.82) is 0 Å². The zero-order valence-electron chi connectivity index (χ0n) is 17.6. The first-order chi connectivity index (χ1) is 13.3. The summed E-state index contributed by atoms with van der Waals surface area (Å²) < 4.78 is 7.39. The van der Waals surface area contributed by atoms with Gasteiger partial charge in [0.2, 0.25) is 0 Å². The van der Waals surface area contributed by atoms with Gasteiger partial charge in [0.1, 0.15) is 5.60 Å². The van der Waals surface area contributed by atoms with Crippen LogP contribution in [0.1, 0.15) is 58.1 Å². The number of benzene rings is 1. The van der Waals surface area contributed by atoms with Crippen LogP contribution in [0.25, 0.3) is 0 Å². The van der Waals surface area contributed by atoms with Crippen LogP contribution in [0.3, 0.4) is 0 Å². The number of aliphatic hydroxyl groups is 1. The van der Waals surface area contributed by atoms with Crippen LogP contribution in [0.5, 0.6) is 0 Å². The highest BCUT2D eigenvalue weighted by Gasteiger charge is 2.26. The summed E-state index contributed by atoms with van der Waals surface area (Å²) in [6.45, 7) is 8.51. The quantitative estimate of drug-likeness (QED) is 0.622. The third kappa shape index (κ3) is 7.85. The van der Waals surface area contributed by atoms with Gasteiger partial charge in [-0.2, -0.15) is 5.10 Å². The fraction of sp³-hybridized carbons (Fsp3) is 0.565. The number of esters is 1. The molecule has 0 aliphatic heterocycles. The maximum absolute atomic E-state index is 12.4. The third-order valence-corrected chi connectivity index (χ3v) is 4.71. The molecule has 0 amide bonds. The number of carbonyl (C=O) groups excluding carboxylic acids is 1. The predicted octanol–water partition coefficient (Wildman–Crippen LogP) is 4.18. The van der Waals surface area contributed by atoms with Crippen LogP contribution in [-0.4, -0.2) is 32.6 Å². The lowest BCUT2D eigenvalue weighted by molar-refractivity contribution is -0.157. The Labute approximate surface area is 168 Å². The van der Waals surface area contributed by atoms with E-state index in [0.29, 0.717) is 12.8 Å². The van der Waals surface area contributed by atoms with Crippen molar-refractivity contribution in [2.24, 2.45) is 5.92 Å². The Bertz CT molecular complexity index is 719. The lowest BCUT2D eigenvalue weighted by Gasteiger charge is -2.25. The lowest BCUT2D eigenvalue weighted by atomic mass is 9.88. The molecular formula is C23H34N2O3. The molecule has 2 rings (SSSR count). The molecule has 2 atom stereocenters. The molecule has 0 bridgehead atoms. The van der Waals surface area contributed by atoms with E-state index in [0.717, 1.165) is 24.9 Å². The van der Waals surface area contributed by atoms with E-state index in [1.54, 1.807) is 0 Å². The van der Waals surface area contributed by atoms with Crippen LogP contribution >= 0.6 is 0 Å². The normalized spacial score (nSPS) is 13.9. The van der Waals surface area contributed by atoms with E-state index in [4.69, 9.17) is 4.74 Å². The van der Waals surface area contributed by atoms with Crippen molar-refractivity contribution in [3.05, 3.63) is 53.9 Å². The maximum atomic E-state index is 12.4. The van der Waals surface area contributed by atoms with Crippen molar-refractivity contribution in [1.82, 2.24) is 9.78 Å². The van der Waals surface area contributed by atoms with Crippen molar-refractivity contribution in [3.63, 3.8) is 0 Å².